The molecule has 1 aliphatic rings. The minimum Gasteiger partial charge on any atom is -0.377 e. The minimum absolute atomic E-state index is 0.542. The Morgan fingerprint density at radius 2 is 2.20 bits per heavy atom. The Morgan fingerprint density at radius 3 is 2.93 bits per heavy atom. The fourth-order valence-corrected chi connectivity index (χ4v) is 1.25. The summed E-state index contributed by atoms with van der Waals surface area (Å²) >= 11 is 0. The Labute approximate surface area is 84.1 Å². The molecular formula is C8H7N5O2. The Hall–Kier alpha value is -2.28. The number of rotatable bonds is 2. The number of aromatic amines is 2. The predicted octanol–water partition coefficient (Wildman–Crippen LogP) is 0.565. The number of nitrogens with one attached hydrogen (secondary N) is 3. The van der Waals surface area contributed by atoms with Crippen molar-refractivity contribution in [3.05, 3.63) is 30.5 Å². The van der Waals surface area contributed by atoms with Crippen molar-refractivity contribution in [2.24, 2.45) is 0 Å². The molecule has 0 saturated heterocycles. The third-order valence-corrected chi connectivity index (χ3v) is 1.93. The normalized spacial score (nSPS) is 14.5. The SMILES string of the molecule is C1=C(c2cnc(-c3ncc[nH]3)[nH]2)ONO1. The Balaban J connectivity index is 1.94. The molecule has 0 atom stereocenters. The molecule has 0 aromatic carbocycles. The van der Waals surface area contributed by atoms with Crippen molar-refractivity contribution < 1.29 is 9.68 Å². The zero-order chi connectivity index (χ0) is 10.1. The largest absolute Gasteiger partial charge is 0.377 e. The first-order valence-electron chi connectivity index (χ1n) is 4.26. The lowest BCUT2D eigenvalue weighted by molar-refractivity contribution is -0.0411. The molecule has 0 spiro atoms. The summed E-state index contributed by atoms with van der Waals surface area (Å²) in [5.74, 6) is 1.86. The molecule has 76 valence electrons. The van der Waals surface area contributed by atoms with Gasteiger partial charge in [0.25, 0.3) is 0 Å². The van der Waals surface area contributed by atoms with Gasteiger partial charge in [-0.1, -0.05) is 0 Å². The standard InChI is InChI=1S/C8H7N5O2/c1-2-10-7(9-1)8-11-3-5(12-8)6-4-14-13-15-6/h1-4,13H,(H,9,10)(H,11,12). The van der Waals surface area contributed by atoms with Gasteiger partial charge in [0.05, 0.1) is 6.20 Å². The Kier molecular flexibility index (Phi) is 1.69. The smallest absolute Gasteiger partial charge is 0.213 e. The topological polar surface area (TPSA) is 87.9 Å². The van der Waals surface area contributed by atoms with Gasteiger partial charge in [0.15, 0.2) is 17.9 Å². The summed E-state index contributed by atoms with van der Waals surface area (Å²) < 4.78 is 0. The molecular weight excluding hydrogens is 198 g/mol. The van der Waals surface area contributed by atoms with Crippen molar-refractivity contribution in [1.82, 2.24) is 25.6 Å². The highest BCUT2D eigenvalue weighted by molar-refractivity contribution is 5.58. The molecule has 0 fully saturated rings. The molecule has 0 amide bonds. The molecule has 7 heteroatoms. The zero-order valence-corrected chi connectivity index (χ0v) is 7.52. The second-order valence-corrected chi connectivity index (χ2v) is 2.87. The lowest BCUT2D eigenvalue weighted by Crippen LogP contribution is -2.02. The van der Waals surface area contributed by atoms with Crippen LogP contribution in [0.2, 0.25) is 0 Å². The summed E-state index contributed by atoms with van der Waals surface area (Å²) in [5.41, 5.74) is 2.97. The molecule has 3 heterocycles. The van der Waals surface area contributed by atoms with Crippen molar-refractivity contribution in [2.45, 2.75) is 0 Å². The first-order valence-corrected chi connectivity index (χ1v) is 4.26. The van der Waals surface area contributed by atoms with Crippen molar-refractivity contribution in [3.63, 3.8) is 0 Å². The molecule has 0 radical (unpaired) electrons. The third-order valence-electron chi connectivity index (χ3n) is 1.93. The van der Waals surface area contributed by atoms with E-state index < -0.39 is 0 Å². The highest BCUT2D eigenvalue weighted by atomic mass is 16.9. The van der Waals surface area contributed by atoms with Crippen LogP contribution in [-0.2, 0) is 9.68 Å². The summed E-state index contributed by atoms with van der Waals surface area (Å²) in [4.78, 5) is 23.9. The van der Waals surface area contributed by atoms with E-state index in [0.717, 1.165) is 0 Å². The van der Waals surface area contributed by atoms with E-state index >= 15 is 0 Å². The lowest BCUT2D eigenvalue weighted by Gasteiger charge is -1.94. The average molecular weight is 205 g/mol. The summed E-state index contributed by atoms with van der Waals surface area (Å²) in [6.45, 7) is 0. The number of imidazole rings is 2. The maximum atomic E-state index is 4.96. The van der Waals surface area contributed by atoms with Gasteiger partial charge in [-0.15, -0.1) is 0 Å². The molecule has 0 unspecified atom stereocenters. The van der Waals surface area contributed by atoms with Gasteiger partial charge in [-0.05, 0) is 0 Å². The predicted molar refractivity (Wildman–Crippen MR) is 49.5 cm³/mol. The van der Waals surface area contributed by atoms with Crippen LogP contribution in [0.25, 0.3) is 17.4 Å². The van der Waals surface area contributed by atoms with Crippen LogP contribution in [0.5, 0.6) is 0 Å². The van der Waals surface area contributed by atoms with Crippen LogP contribution < -0.4 is 5.64 Å². The minimum atomic E-state index is 0.542. The number of aromatic nitrogens is 4. The van der Waals surface area contributed by atoms with E-state index in [-0.39, 0.29) is 0 Å². The van der Waals surface area contributed by atoms with Gasteiger partial charge >= 0.3 is 0 Å². The van der Waals surface area contributed by atoms with Gasteiger partial charge in [-0.2, -0.15) is 0 Å². The number of H-pyrrole nitrogens is 2. The maximum Gasteiger partial charge on any atom is 0.213 e. The van der Waals surface area contributed by atoms with E-state index in [1.54, 1.807) is 18.6 Å². The highest BCUT2D eigenvalue weighted by Gasteiger charge is 2.14. The van der Waals surface area contributed by atoms with Crippen molar-refractivity contribution >= 4 is 5.76 Å². The summed E-state index contributed by atoms with van der Waals surface area (Å²) in [6, 6.07) is 0. The fraction of sp³-hybridized carbons (Fsp3) is 0. The second kappa shape index (κ2) is 3.14. The molecule has 0 bridgehead atoms. The van der Waals surface area contributed by atoms with Crippen molar-refractivity contribution in [2.75, 3.05) is 0 Å². The van der Waals surface area contributed by atoms with Gasteiger partial charge in [0, 0.05) is 18.0 Å². The first-order chi connectivity index (χ1) is 7.43. The van der Waals surface area contributed by atoms with Crippen molar-refractivity contribution in [1.29, 1.82) is 0 Å². The van der Waals surface area contributed by atoms with Crippen LogP contribution in [-0.4, -0.2) is 19.9 Å². The second-order valence-electron chi connectivity index (χ2n) is 2.87. The van der Waals surface area contributed by atoms with E-state index in [4.69, 9.17) is 9.68 Å². The molecule has 3 rings (SSSR count). The van der Waals surface area contributed by atoms with Gasteiger partial charge in [-0.3, -0.25) is 0 Å². The van der Waals surface area contributed by atoms with Crippen LogP contribution in [0.3, 0.4) is 0 Å². The number of hydrogen-bond acceptors (Lipinski definition) is 5. The monoisotopic (exact) mass is 205 g/mol. The molecule has 0 aliphatic carbocycles. The van der Waals surface area contributed by atoms with Crippen LogP contribution in [0.4, 0.5) is 0 Å². The zero-order valence-electron chi connectivity index (χ0n) is 7.52. The number of hydrogen-bond donors (Lipinski definition) is 3. The maximum absolute atomic E-state index is 4.96. The van der Waals surface area contributed by atoms with Crippen LogP contribution in [0, 0.1) is 0 Å². The van der Waals surface area contributed by atoms with Gasteiger partial charge in [0.1, 0.15) is 5.69 Å². The number of nitrogens with zero attached hydrogens (tertiary/aromatic N) is 2. The quantitative estimate of drug-likeness (QED) is 0.666. The molecule has 2 aromatic heterocycles. The lowest BCUT2D eigenvalue weighted by atomic mass is 10.4. The molecule has 1 aliphatic heterocycles. The van der Waals surface area contributed by atoms with Crippen LogP contribution >= 0.6 is 0 Å². The molecule has 15 heavy (non-hydrogen) atoms. The van der Waals surface area contributed by atoms with E-state index in [9.17, 15) is 0 Å². The van der Waals surface area contributed by atoms with Crippen LogP contribution in [0.15, 0.2) is 24.9 Å². The Bertz CT molecular complexity index is 487. The van der Waals surface area contributed by atoms with Gasteiger partial charge in [-0.25, -0.2) is 9.97 Å². The molecule has 0 saturated carbocycles. The fourth-order valence-electron chi connectivity index (χ4n) is 1.25. The van der Waals surface area contributed by atoms with Crippen molar-refractivity contribution in [3.8, 4) is 11.6 Å². The highest BCUT2D eigenvalue weighted by Crippen LogP contribution is 2.18. The van der Waals surface area contributed by atoms with E-state index in [2.05, 4.69) is 25.6 Å². The summed E-state index contributed by atoms with van der Waals surface area (Å²) in [6.07, 6.45) is 6.47. The molecule has 3 N–H and O–H groups in total. The van der Waals surface area contributed by atoms with Gasteiger partial charge in [0.2, 0.25) is 5.76 Å². The average Bonchev–Trinajstić information content (AvgIpc) is 3.02. The van der Waals surface area contributed by atoms with Gasteiger partial charge < -0.3 is 19.6 Å². The molecule has 7 nitrogen and oxygen atoms in total. The first kappa shape index (κ1) is 8.06. The third kappa shape index (κ3) is 1.34. The van der Waals surface area contributed by atoms with Crippen LogP contribution in [0.1, 0.15) is 5.69 Å². The van der Waals surface area contributed by atoms with E-state index in [1.165, 1.54) is 6.26 Å². The van der Waals surface area contributed by atoms with E-state index in [0.29, 0.717) is 23.1 Å². The Morgan fingerprint density at radius 1 is 1.20 bits per heavy atom. The van der Waals surface area contributed by atoms with E-state index in [1.807, 2.05) is 0 Å². The molecule has 2 aromatic rings. The summed E-state index contributed by atoms with van der Waals surface area (Å²) in [5, 5.41) is 0. The summed E-state index contributed by atoms with van der Waals surface area (Å²) in [7, 11) is 0.